The molecule has 1 aromatic rings. The maximum absolute atomic E-state index is 11.8. The maximum Gasteiger partial charge on any atom is 0.224 e. The number of halogens is 1. The zero-order chi connectivity index (χ0) is 14.4. The smallest absolute Gasteiger partial charge is 0.224 e. The van der Waals surface area contributed by atoms with Crippen molar-refractivity contribution in [2.45, 2.75) is 39.0 Å². The van der Waals surface area contributed by atoms with Crippen LogP contribution in [0.25, 0.3) is 0 Å². The maximum atomic E-state index is 11.8. The van der Waals surface area contributed by atoms with E-state index in [0.29, 0.717) is 41.8 Å². The van der Waals surface area contributed by atoms with Gasteiger partial charge in [0.2, 0.25) is 5.91 Å². The molecule has 1 N–H and O–H groups in total. The van der Waals surface area contributed by atoms with Crippen molar-refractivity contribution in [2.24, 2.45) is 0 Å². The number of carbonyl (C=O) groups is 1. The number of nitrogens with one attached hydrogen (secondary N) is 1. The second-order valence-corrected chi connectivity index (χ2v) is 5.24. The summed E-state index contributed by atoms with van der Waals surface area (Å²) in [5.41, 5.74) is 0.581. The second-order valence-electron chi connectivity index (χ2n) is 4.83. The van der Waals surface area contributed by atoms with Crippen LogP contribution in [0.5, 0.6) is 11.5 Å². The average molecular weight is 298 g/mol. The topological polar surface area (TPSA) is 47.6 Å². The molecule has 110 valence electrons. The lowest BCUT2D eigenvalue weighted by Gasteiger charge is -2.12. The standard InChI is InChI=1S/C15H20ClNO3/c1-2-3-4-6-15(18)17-12-10-14-13(9-11(12)16)19-7-5-8-20-14/h9-10H,2-8H2,1H3,(H,17,18). The summed E-state index contributed by atoms with van der Waals surface area (Å²) >= 11 is 6.17. The van der Waals surface area contributed by atoms with E-state index in [9.17, 15) is 4.79 Å². The third kappa shape index (κ3) is 4.04. The fourth-order valence-corrected chi connectivity index (χ4v) is 2.23. The normalized spacial score (nSPS) is 13.7. The number of carbonyl (C=O) groups excluding carboxylic acids is 1. The number of amides is 1. The summed E-state index contributed by atoms with van der Waals surface area (Å²) in [4.78, 5) is 11.8. The summed E-state index contributed by atoms with van der Waals surface area (Å²) in [6, 6.07) is 3.44. The van der Waals surface area contributed by atoms with E-state index in [4.69, 9.17) is 21.1 Å². The lowest BCUT2D eigenvalue weighted by molar-refractivity contribution is -0.116. The number of rotatable bonds is 5. The zero-order valence-corrected chi connectivity index (χ0v) is 12.5. The molecule has 1 amide bonds. The van der Waals surface area contributed by atoms with E-state index in [0.717, 1.165) is 25.7 Å². The number of hydrogen-bond acceptors (Lipinski definition) is 3. The summed E-state index contributed by atoms with van der Waals surface area (Å²) in [6.45, 7) is 3.34. The van der Waals surface area contributed by atoms with Crippen molar-refractivity contribution >= 4 is 23.2 Å². The van der Waals surface area contributed by atoms with Crippen molar-refractivity contribution in [1.82, 2.24) is 0 Å². The Balaban J connectivity index is 2.04. The fourth-order valence-electron chi connectivity index (χ4n) is 2.03. The minimum Gasteiger partial charge on any atom is -0.490 e. The average Bonchev–Trinajstić information content (AvgIpc) is 2.64. The third-order valence-electron chi connectivity index (χ3n) is 3.12. The van der Waals surface area contributed by atoms with Crippen molar-refractivity contribution < 1.29 is 14.3 Å². The van der Waals surface area contributed by atoms with E-state index in [-0.39, 0.29) is 5.91 Å². The van der Waals surface area contributed by atoms with Crippen molar-refractivity contribution in [3.8, 4) is 11.5 Å². The molecule has 0 atom stereocenters. The van der Waals surface area contributed by atoms with Gasteiger partial charge in [0.25, 0.3) is 0 Å². The van der Waals surface area contributed by atoms with Gasteiger partial charge in [0, 0.05) is 25.0 Å². The van der Waals surface area contributed by atoms with Gasteiger partial charge in [0.15, 0.2) is 11.5 Å². The molecule has 1 aliphatic heterocycles. The quantitative estimate of drug-likeness (QED) is 0.835. The number of hydrogen-bond donors (Lipinski definition) is 1. The number of unbranched alkanes of at least 4 members (excludes halogenated alkanes) is 2. The first-order valence-corrected chi connectivity index (χ1v) is 7.47. The van der Waals surface area contributed by atoms with Crippen molar-refractivity contribution in [3.63, 3.8) is 0 Å². The van der Waals surface area contributed by atoms with E-state index in [1.807, 2.05) is 0 Å². The van der Waals surface area contributed by atoms with Gasteiger partial charge in [-0.15, -0.1) is 0 Å². The molecule has 0 fully saturated rings. The summed E-state index contributed by atoms with van der Waals surface area (Å²) in [5.74, 6) is 1.25. The first kappa shape index (κ1) is 15.0. The Bertz CT molecular complexity index is 476. The van der Waals surface area contributed by atoms with Gasteiger partial charge in [-0.05, 0) is 6.42 Å². The van der Waals surface area contributed by atoms with Crippen LogP contribution in [0.3, 0.4) is 0 Å². The van der Waals surface area contributed by atoms with Crippen LogP contribution in [0.2, 0.25) is 5.02 Å². The Morgan fingerprint density at radius 3 is 2.65 bits per heavy atom. The number of fused-ring (bicyclic) bond motifs is 1. The monoisotopic (exact) mass is 297 g/mol. The van der Waals surface area contributed by atoms with Gasteiger partial charge in [0.05, 0.1) is 23.9 Å². The van der Waals surface area contributed by atoms with Crippen molar-refractivity contribution in [2.75, 3.05) is 18.5 Å². The second kappa shape index (κ2) is 7.39. The van der Waals surface area contributed by atoms with Crippen LogP contribution < -0.4 is 14.8 Å². The van der Waals surface area contributed by atoms with Crippen LogP contribution in [0, 0.1) is 0 Å². The molecule has 0 saturated heterocycles. The minimum atomic E-state index is -0.0187. The molecule has 2 rings (SSSR count). The highest BCUT2D eigenvalue weighted by Gasteiger charge is 2.15. The van der Waals surface area contributed by atoms with E-state index < -0.39 is 0 Å². The van der Waals surface area contributed by atoms with E-state index in [2.05, 4.69) is 12.2 Å². The molecule has 0 unspecified atom stereocenters. The molecule has 4 nitrogen and oxygen atoms in total. The molecule has 0 aromatic heterocycles. The van der Waals surface area contributed by atoms with Crippen molar-refractivity contribution in [1.29, 1.82) is 0 Å². The Hall–Kier alpha value is -1.42. The highest BCUT2D eigenvalue weighted by atomic mass is 35.5. The van der Waals surface area contributed by atoms with Gasteiger partial charge >= 0.3 is 0 Å². The van der Waals surface area contributed by atoms with Gasteiger partial charge in [-0.2, -0.15) is 0 Å². The number of ether oxygens (including phenoxy) is 2. The molecule has 0 saturated carbocycles. The fraction of sp³-hybridized carbons (Fsp3) is 0.533. The molecule has 0 spiro atoms. The van der Waals surface area contributed by atoms with E-state index in [1.165, 1.54) is 0 Å². The molecule has 0 bridgehead atoms. The lowest BCUT2D eigenvalue weighted by Crippen LogP contribution is -2.11. The number of anilines is 1. The highest BCUT2D eigenvalue weighted by molar-refractivity contribution is 6.34. The molecular formula is C15H20ClNO3. The van der Waals surface area contributed by atoms with Crippen LogP contribution in [-0.2, 0) is 4.79 Å². The van der Waals surface area contributed by atoms with E-state index in [1.54, 1.807) is 12.1 Å². The molecule has 1 aromatic carbocycles. The van der Waals surface area contributed by atoms with E-state index >= 15 is 0 Å². The summed E-state index contributed by atoms with van der Waals surface area (Å²) in [7, 11) is 0. The Morgan fingerprint density at radius 2 is 1.95 bits per heavy atom. The van der Waals surface area contributed by atoms with Gasteiger partial charge in [-0.25, -0.2) is 0 Å². The zero-order valence-electron chi connectivity index (χ0n) is 11.7. The molecule has 0 aliphatic carbocycles. The summed E-state index contributed by atoms with van der Waals surface area (Å²) in [6.07, 6.45) is 4.40. The summed E-state index contributed by atoms with van der Waals surface area (Å²) < 4.78 is 11.1. The first-order chi connectivity index (χ1) is 9.70. The summed E-state index contributed by atoms with van der Waals surface area (Å²) in [5, 5.41) is 3.30. The van der Waals surface area contributed by atoms with Gasteiger partial charge in [0.1, 0.15) is 0 Å². The minimum absolute atomic E-state index is 0.0187. The Labute approximate surface area is 124 Å². The highest BCUT2D eigenvalue weighted by Crippen LogP contribution is 2.37. The van der Waals surface area contributed by atoms with Gasteiger partial charge in [-0.3, -0.25) is 4.79 Å². The Kier molecular flexibility index (Phi) is 5.53. The molecule has 0 radical (unpaired) electrons. The molecule has 1 aliphatic rings. The predicted octanol–water partition coefficient (Wildman–Crippen LogP) is 4.02. The lowest BCUT2D eigenvalue weighted by atomic mass is 10.2. The molecule has 1 heterocycles. The molecule has 20 heavy (non-hydrogen) atoms. The van der Waals surface area contributed by atoms with Crippen LogP contribution in [0.1, 0.15) is 39.0 Å². The Morgan fingerprint density at radius 1 is 1.25 bits per heavy atom. The molecular weight excluding hydrogens is 278 g/mol. The molecule has 5 heteroatoms. The third-order valence-corrected chi connectivity index (χ3v) is 3.43. The van der Waals surface area contributed by atoms with Gasteiger partial charge < -0.3 is 14.8 Å². The van der Waals surface area contributed by atoms with Crippen LogP contribution in [-0.4, -0.2) is 19.1 Å². The predicted molar refractivity (Wildman–Crippen MR) is 79.8 cm³/mol. The van der Waals surface area contributed by atoms with Crippen LogP contribution in [0.4, 0.5) is 5.69 Å². The number of benzene rings is 1. The van der Waals surface area contributed by atoms with Crippen LogP contribution in [0.15, 0.2) is 12.1 Å². The van der Waals surface area contributed by atoms with Gasteiger partial charge in [-0.1, -0.05) is 31.4 Å². The van der Waals surface area contributed by atoms with Crippen LogP contribution >= 0.6 is 11.6 Å². The first-order valence-electron chi connectivity index (χ1n) is 7.09. The SMILES string of the molecule is CCCCCC(=O)Nc1cc2c(cc1Cl)OCCCO2. The largest absolute Gasteiger partial charge is 0.490 e. The van der Waals surface area contributed by atoms with Crippen molar-refractivity contribution in [3.05, 3.63) is 17.2 Å².